The van der Waals surface area contributed by atoms with E-state index >= 15 is 0 Å². The van der Waals surface area contributed by atoms with Gasteiger partial charge in [-0.3, -0.25) is 0 Å². The lowest BCUT2D eigenvalue weighted by atomic mass is 9.99. The fourth-order valence-electron chi connectivity index (χ4n) is 3.23. The second kappa shape index (κ2) is 8.43. The van der Waals surface area contributed by atoms with Crippen molar-refractivity contribution in [3.05, 3.63) is 35.2 Å². The Morgan fingerprint density at radius 1 is 1.11 bits per heavy atom. The molecule has 0 radical (unpaired) electrons. The number of methoxy groups -OCH3 is 2. The molecule has 2 heterocycles. The number of benzene rings is 1. The zero-order valence-corrected chi connectivity index (χ0v) is 16.5. The molecule has 0 unspecified atom stereocenters. The maximum Gasteiger partial charge on any atom is 0.161 e. The minimum Gasteiger partial charge on any atom is -0.493 e. The van der Waals surface area contributed by atoms with Crippen LogP contribution >= 0.6 is 0 Å². The second-order valence-electron chi connectivity index (χ2n) is 6.92. The van der Waals surface area contributed by atoms with Crippen molar-refractivity contribution in [2.24, 2.45) is 0 Å². The molecule has 0 spiro atoms. The molecule has 1 aromatic carbocycles. The van der Waals surface area contributed by atoms with Crippen LogP contribution in [0.1, 0.15) is 36.7 Å². The lowest BCUT2D eigenvalue weighted by Crippen LogP contribution is -2.31. The Morgan fingerprint density at radius 3 is 2.44 bits per heavy atom. The highest BCUT2D eigenvalue weighted by Gasteiger charge is 2.22. The summed E-state index contributed by atoms with van der Waals surface area (Å²) in [5.74, 6) is 4.18. The predicted octanol–water partition coefficient (Wildman–Crippen LogP) is 2.58. The summed E-state index contributed by atoms with van der Waals surface area (Å²) in [7, 11) is 3.32. The van der Waals surface area contributed by atoms with E-state index in [-0.39, 0.29) is 12.5 Å². The zero-order chi connectivity index (χ0) is 19.4. The minimum absolute atomic E-state index is 0.0645. The molecule has 0 saturated heterocycles. The molecular formula is C20H28N4O3. The molecule has 1 aliphatic rings. The van der Waals surface area contributed by atoms with E-state index in [4.69, 9.17) is 19.6 Å². The molecule has 0 aliphatic carbocycles. The van der Waals surface area contributed by atoms with Gasteiger partial charge in [0, 0.05) is 31.6 Å². The Kier molecular flexibility index (Phi) is 6.01. The fourth-order valence-corrected chi connectivity index (χ4v) is 3.23. The standard InChI is InChI=1S/C20H28N4O3/c1-13(2)20-22-18(21-6-8-25)11-19(23-20)24-7-5-14-9-16(26-3)17(27-4)10-15(14)12-24/h9-11,13,25H,5-8,12H2,1-4H3,(H,21,22,23). The molecule has 3 rings (SSSR count). The molecule has 0 bridgehead atoms. The van der Waals surface area contributed by atoms with Crippen molar-refractivity contribution < 1.29 is 14.6 Å². The van der Waals surface area contributed by atoms with E-state index in [1.54, 1.807) is 14.2 Å². The first-order chi connectivity index (χ1) is 13.0. The molecule has 1 aliphatic heterocycles. The number of aliphatic hydroxyl groups excluding tert-OH is 1. The number of nitrogens with one attached hydrogen (secondary N) is 1. The fraction of sp³-hybridized carbons (Fsp3) is 0.500. The number of ether oxygens (including phenoxy) is 2. The Morgan fingerprint density at radius 2 is 1.81 bits per heavy atom. The third-order valence-electron chi connectivity index (χ3n) is 4.71. The average molecular weight is 372 g/mol. The summed E-state index contributed by atoms with van der Waals surface area (Å²) in [6, 6.07) is 6.07. The molecule has 0 atom stereocenters. The first kappa shape index (κ1) is 19.2. The average Bonchev–Trinajstić information content (AvgIpc) is 2.70. The van der Waals surface area contributed by atoms with Crippen molar-refractivity contribution in [1.29, 1.82) is 0 Å². The number of anilines is 2. The molecule has 2 N–H and O–H groups in total. The summed E-state index contributed by atoms with van der Waals surface area (Å²) < 4.78 is 10.9. The Bertz CT molecular complexity index is 795. The van der Waals surface area contributed by atoms with Crippen LogP contribution in [0.2, 0.25) is 0 Å². The number of rotatable bonds is 7. The largest absolute Gasteiger partial charge is 0.493 e. The smallest absolute Gasteiger partial charge is 0.161 e. The van der Waals surface area contributed by atoms with Gasteiger partial charge >= 0.3 is 0 Å². The Hall–Kier alpha value is -2.54. The molecular weight excluding hydrogens is 344 g/mol. The number of hydrogen-bond acceptors (Lipinski definition) is 7. The van der Waals surface area contributed by atoms with Crippen molar-refractivity contribution in [3.63, 3.8) is 0 Å². The lowest BCUT2D eigenvalue weighted by molar-refractivity contribution is 0.311. The molecule has 146 valence electrons. The summed E-state index contributed by atoms with van der Waals surface area (Å²) in [5.41, 5.74) is 2.49. The number of nitrogens with zero attached hydrogens (tertiary/aromatic N) is 3. The van der Waals surface area contributed by atoms with Gasteiger partial charge in [-0.15, -0.1) is 0 Å². The Balaban J connectivity index is 1.90. The van der Waals surface area contributed by atoms with Gasteiger partial charge in [-0.2, -0.15) is 0 Å². The van der Waals surface area contributed by atoms with Gasteiger partial charge in [-0.25, -0.2) is 9.97 Å². The molecule has 1 aromatic heterocycles. The van der Waals surface area contributed by atoms with Crippen LogP contribution in [-0.4, -0.2) is 49.0 Å². The van der Waals surface area contributed by atoms with Crippen LogP contribution in [0.4, 0.5) is 11.6 Å². The van der Waals surface area contributed by atoms with Crippen LogP contribution in [0.3, 0.4) is 0 Å². The second-order valence-corrected chi connectivity index (χ2v) is 6.92. The van der Waals surface area contributed by atoms with E-state index in [0.29, 0.717) is 6.54 Å². The van der Waals surface area contributed by atoms with Crippen molar-refractivity contribution in [2.45, 2.75) is 32.7 Å². The van der Waals surface area contributed by atoms with Crippen molar-refractivity contribution in [2.75, 3.05) is 44.1 Å². The molecule has 0 saturated carbocycles. The van der Waals surface area contributed by atoms with Gasteiger partial charge in [-0.05, 0) is 29.7 Å². The number of fused-ring (bicyclic) bond motifs is 1. The normalized spacial score (nSPS) is 13.5. The van der Waals surface area contributed by atoms with E-state index in [9.17, 15) is 0 Å². The summed E-state index contributed by atoms with van der Waals surface area (Å²) >= 11 is 0. The quantitative estimate of drug-likeness (QED) is 0.773. The van der Waals surface area contributed by atoms with Crippen LogP contribution < -0.4 is 19.7 Å². The van der Waals surface area contributed by atoms with E-state index in [1.165, 1.54) is 11.1 Å². The molecule has 7 nitrogen and oxygen atoms in total. The number of aromatic nitrogens is 2. The predicted molar refractivity (Wildman–Crippen MR) is 106 cm³/mol. The highest BCUT2D eigenvalue weighted by atomic mass is 16.5. The van der Waals surface area contributed by atoms with E-state index < -0.39 is 0 Å². The van der Waals surface area contributed by atoms with Gasteiger partial charge in [0.15, 0.2) is 11.5 Å². The van der Waals surface area contributed by atoms with Gasteiger partial charge in [0.1, 0.15) is 17.5 Å². The minimum atomic E-state index is 0.0645. The first-order valence-corrected chi connectivity index (χ1v) is 9.28. The van der Waals surface area contributed by atoms with Gasteiger partial charge < -0.3 is 24.8 Å². The third kappa shape index (κ3) is 4.24. The first-order valence-electron chi connectivity index (χ1n) is 9.28. The van der Waals surface area contributed by atoms with Crippen molar-refractivity contribution >= 4 is 11.6 Å². The number of hydrogen-bond donors (Lipinski definition) is 2. The van der Waals surface area contributed by atoms with Crippen molar-refractivity contribution in [1.82, 2.24) is 9.97 Å². The van der Waals surface area contributed by atoms with Gasteiger partial charge in [-0.1, -0.05) is 13.8 Å². The highest BCUT2D eigenvalue weighted by Crippen LogP contribution is 2.34. The monoisotopic (exact) mass is 372 g/mol. The molecule has 27 heavy (non-hydrogen) atoms. The van der Waals surface area contributed by atoms with E-state index in [2.05, 4.69) is 41.2 Å². The topological polar surface area (TPSA) is 79.7 Å². The number of aliphatic hydroxyl groups is 1. The summed E-state index contributed by atoms with van der Waals surface area (Å²) in [6.45, 7) is 6.32. The third-order valence-corrected chi connectivity index (χ3v) is 4.71. The molecule has 0 amide bonds. The van der Waals surface area contributed by atoms with Crippen LogP contribution in [0.15, 0.2) is 18.2 Å². The maximum absolute atomic E-state index is 9.09. The highest BCUT2D eigenvalue weighted by molar-refractivity contribution is 5.54. The van der Waals surface area contributed by atoms with Gasteiger partial charge in [0.05, 0.1) is 20.8 Å². The van der Waals surface area contributed by atoms with Crippen LogP contribution in [-0.2, 0) is 13.0 Å². The van der Waals surface area contributed by atoms with Crippen LogP contribution in [0.25, 0.3) is 0 Å². The van der Waals surface area contributed by atoms with Gasteiger partial charge in [0.25, 0.3) is 0 Å². The zero-order valence-electron chi connectivity index (χ0n) is 16.5. The summed E-state index contributed by atoms with van der Waals surface area (Å²) in [4.78, 5) is 11.6. The van der Waals surface area contributed by atoms with Gasteiger partial charge in [0.2, 0.25) is 0 Å². The van der Waals surface area contributed by atoms with E-state index in [0.717, 1.165) is 48.5 Å². The molecule has 7 heteroatoms. The SMILES string of the molecule is COc1cc2c(cc1OC)CN(c1cc(NCCO)nc(C(C)C)n1)CC2. The van der Waals surface area contributed by atoms with Crippen LogP contribution in [0, 0.1) is 0 Å². The van der Waals surface area contributed by atoms with Crippen molar-refractivity contribution in [3.8, 4) is 11.5 Å². The molecule has 2 aromatic rings. The summed E-state index contributed by atoms with van der Waals surface area (Å²) in [5, 5.41) is 12.2. The summed E-state index contributed by atoms with van der Waals surface area (Å²) in [6.07, 6.45) is 0.913. The Labute approximate surface area is 160 Å². The maximum atomic E-state index is 9.09. The lowest BCUT2D eigenvalue weighted by Gasteiger charge is -2.31. The molecule has 0 fully saturated rings. The van der Waals surface area contributed by atoms with E-state index in [1.807, 2.05) is 6.07 Å². The van der Waals surface area contributed by atoms with Crippen LogP contribution in [0.5, 0.6) is 11.5 Å².